The third kappa shape index (κ3) is 4.41. The number of aromatic nitrogens is 1. The third-order valence-corrected chi connectivity index (χ3v) is 3.04. The van der Waals surface area contributed by atoms with Gasteiger partial charge in [-0.1, -0.05) is 36.5 Å². The Morgan fingerprint density at radius 3 is 2.68 bits per heavy atom. The average Bonchev–Trinajstić information content (AvgIpc) is 2.34. The molecule has 0 unspecified atom stereocenters. The third-order valence-electron chi connectivity index (χ3n) is 2.48. The highest BCUT2D eigenvalue weighted by Gasteiger charge is 2.16. The molecule has 0 fully saturated rings. The molecule has 0 atom stereocenters. The molecule has 0 radical (unpaired) electrons. The van der Waals surface area contributed by atoms with Gasteiger partial charge in [0.1, 0.15) is 5.82 Å². The minimum atomic E-state index is -0.453. The van der Waals surface area contributed by atoms with Crippen LogP contribution in [0.5, 0.6) is 0 Å². The largest absolute Gasteiger partial charge is 0.368 e. The summed E-state index contributed by atoms with van der Waals surface area (Å²) in [5, 5.41) is 0.659. The zero-order valence-electron chi connectivity index (χ0n) is 10.6. The number of hydrazine groups is 1. The lowest BCUT2D eigenvalue weighted by Gasteiger charge is -2.23. The second-order valence-corrected chi connectivity index (χ2v) is 4.82. The molecule has 0 aliphatic carbocycles. The number of halogens is 2. The molecular formula is C11H17Cl2N5O. The second-order valence-electron chi connectivity index (χ2n) is 4.01. The molecular weight excluding hydrogens is 289 g/mol. The molecule has 106 valence electrons. The molecule has 0 saturated heterocycles. The molecule has 5 N–H and O–H groups in total. The molecule has 19 heavy (non-hydrogen) atoms. The van der Waals surface area contributed by atoms with Gasteiger partial charge in [-0.05, 0) is 12.5 Å². The van der Waals surface area contributed by atoms with Gasteiger partial charge in [0, 0.05) is 6.54 Å². The van der Waals surface area contributed by atoms with E-state index in [-0.39, 0.29) is 6.54 Å². The minimum absolute atomic E-state index is 0.0400. The summed E-state index contributed by atoms with van der Waals surface area (Å²) in [6, 6.07) is 1.53. The van der Waals surface area contributed by atoms with Gasteiger partial charge in [-0.15, -0.1) is 0 Å². The first-order chi connectivity index (χ1) is 8.99. The lowest BCUT2D eigenvalue weighted by molar-refractivity contribution is -0.116. The van der Waals surface area contributed by atoms with E-state index in [1.54, 1.807) is 4.90 Å². The van der Waals surface area contributed by atoms with Crippen LogP contribution in [0.25, 0.3) is 0 Å². The number of carbonyl (C=O) groups excluding carboxylic acids is 1. The Kier molecular flexibility index (Phi) is 6.14. The highest BCUT2D eigenvalue weighted by atomic mass is 35.5. The smallest absolute Gasteiger partial charge is 0.236 e. The van der Waals surface area contributed by atoms with E-state index in [9.17, 15) is 4.79 Å². The summed E-state index contributed by atoms with van der Waals surface area (Å²) >= 11 is 12.0. The second kappa shape index (κ2) is 7.37. The lowest BCUT2D eigenvalue weighted by Crippen LogP contribution is -2.35. The van der Waals surface area contributed by atoms with E-state index in [1.165, 1.54) is 6.07 Å². The summed E-state index contributed by atoms with van der Waals surface area (Å²) in [5.74, 6) is 5.60. The fraction of sp³-hybridized carbons (Fsp3) is 0.455. The van der Waals surface area contributed by atoms with Crippen molar-refractivity contribution in [2.45, 2.75) is 19.8 Å². The zero-order valence-corrected chi connectivity index (χ0v) is 12.1. The van der Waals surface area contributed by atoms with Gasteiger partial charge in [0.05, 0.1) is 16.6 Å². The first kappa shape index (κ1) is 15.8. The van der Waals surface area contributed by atoms with E-state index in [0.717, 1.165) is 12.8 Å². The lowest BCUT2D eigenvalue weighted by atomic mass is 10.3. The topological polar surface area (TPSA) is 97.3 Å². The number of anilines is 2. The highest BCUT2D eigenvalue weighted by molar-refractivity contribution is 6.37. The molecule has 6 nitrogen and oxygen atoms in total. The standard InChI is InChI=1S/C11H17Cl2N5O/c1-2-3-4-18(6-9(14)19)11-8(13)5-7(12)10(16-11)17-15/h5H,2-4,6,15H2,1H3,(H2,14,19)(H,16,17). The summed E-state index contributed by atoms with van der Waals surface area (Å²) in [6.45, 7) is 2.71. The van der Waals surface area contributed by atoms with E-state index in [4.69, 9.17) is 34.8 Å². The number of nitrogen functional groups attached to an aromatic ring is 1. The number of nitrogens with zero attached hydrogens (tertiary/aromatic N) is 2. The zero-order chi connectivity index (χ0) is 14.4. The molecule has 1 rings (SSSR count). The first-order valence-corrected chi connectivity index (χ1v) is 6.61. The maximum atomic E-state index is 11.1. The van der Waals surface area contributed by atoms with Crippen molar-refractivity contribution in [3.05, 3.63) is 16.1 Å². The van der Waals surface area contributed by atoms with Gasteiger partial charge in [0.15, 0.2) is 5.82 Å². The van der Waals surface area contributed by atoms with Gasteiger partial charge >= 0.3 is 0 Å². The van der Waals surface area contributed by atoms with Gasteiger partial charge in [-0.2, -0.15) is 0 Å². The maximum Gasteiger partial charge on any atom is 0.236 e. The molecule has 0 spiro atoms. The number of hydrogen-bond acceptors (Lipinski definition) is 5. The molecule has 0 aromatic carbocycles. The predicted octanol–water partition coefficient (Wildman–Crippen LogP) is 1.77. The van der Waals surface area contributed by atoms with Crippen molar-refractivity contribution in [1.82, 2.24) is 4.98 Å². The summed E-state index contributed by atoms with van der Waals surface area (Å²) in [5.41, 5.74) is 7.62. The number of primary amides is 1. The Balaban J connectivity index is 3.09. The number of carbonyl (C=O) groups is 1. The molecule has 0 aliphatic rings. The van der Waals surface area contributed by atoms with E-state index in [0.29, 0.717) is 28.2 Å². The Labute approximate surface area is 122 Å². The molecule has 1 aromatic heterocycles. The number of amides is 1. The number of unbranched alkanes of at least 4 members (excludes halogenated alkanes) is 1. The monoisotopic (exact) mass is 305 g/mol. The van der Waals surface area contributed by atoms with Crippen LogP contribution < -0.4 is 21.9 Å². The van der Waals surface area contributed by atoms with E-state index in [1.807, 2.05) is 6.92 Å². The number of rotatable bonds is 7. The van der Waals surface area contributed by atoms with Gasteiger partial charge < -0.3 is 16.1 Å². The Morgan fingerprint density at radius 1 is 1.47 bits per heavy atom. The molecule has 1 aromatic rings. The Bertz CT molecular complexity index is 455. The summed E-state index contributed by atoms with van der Waals surface area (Å²) < 4.78 is 0. The van der Waals surface area contributed by atoms with Crippen molar-refractivity contribution < 1.29 is 4.79 Å². The van der Waals surface area contributed by atoms with E-state index < -0.39 is 5.91 Å². The SMILES string of the molecule is CCCCN(CC(N)=O)c1nc(NN)c(Cl)cc1Cl. The van der Waals surface area contributed by atoms with Crippen LogP contribution in [-0.4, -0.2) is 24.0 Å². The number of nitrogens with two attached hydrogens (primary N) is 2. The molecule has 0 bridgehead atoms. The van der Waals surface area contributed by atoms with E-state index in [2.05, 4.69) is 10.4 Å². The van der Waals surface area contributed by atoms with Crippen LogP contribution in [0.3, 0.4) is 0 Å². The van der Waals surface area contributed by atoms with Crippen LogP contribution in [0.1, 0.15) is 19.8 Å². The summed E-state index contributed by atoms with van der Waals surface area (Å²) in [6.07, 6.45) is 1.86. The fourth-order valence-electron chi connectivity index (χ4n) is 1.58. The van der Waals surface area contributed by atoms with Crippen LogP contribution in [0.2, 0.25) is 10.0 Å². The van der Waals surface area contributed by atoms with Crippen molar-refractivity contribution in [1.29, 1.82) is 0 Å². The van der Waals surface area contributed by atoms with Gasteiger partial charge in [-0.3, -0.25) is 4.79 Å². The predicted molar refractivity (Wildman–Crippen MR) is 78.4 cm³/mol. The fourth-order valence-corrected chi connectivity index (χ4v) is 2.11. The Hall–Kier alpha value is -1.24. The normalized spacial score (nSPS) is 10.3. The van der Waals surface area contributed by atoms with Gasteiger partial charge in [-0.25, -0.2) is 10.8 Å². The van der Waals surface area contributed by atoms with Crippen molar-refractivity contribution in [2.24, 2.45) is 11.6 Å². The van der Waals surface area contributed by atoms with Crippen LogP contribution in [0.15, 0.2) is 6.07 Å². The van der Waals surface area contributed by atoms with E-state index >= 15 is 0 Å². The summed E-state index contributed by atoms with van der Waals surface area (Å²) in [4.78, 5) is 17.1. The van der Waals surface area contributed by atoms with Crippen molar-refractivity contribution in [3.63, 3.8) is 0 Å². The van der Waals surface area contributed by atoms with Crippen LogP contribution in [-0.2, 0) is 4.79 Å². The van der Waals surface area contributed by atoms with Crippen LogP contribution in [0.4, 0.5) is 11.6 Å². The van der Waals surface area contributed by atoms with Crippen molar-refractivity contribution in [3.8, 4) is 0 Å². The number of hydrogen-bond donors (Lipinski definition) is 3. The van der Waals surface area contributed by atoms with Crippen LogP contribution >= 0.6 is 23.2 Å². The number of pyridine rings is 1. The maximum absolute atomic E-state index is 11.1. The Morgan fingerprint density at radius 2 is 2.16 bits per heavy atom. The van der Waals surface area contributed by atoms with Gasteiger partial charge in [0.2, 0.25) is 5.91 Å². The molecule has 1 amide bonds. The van der Waals surface area contributed by atoms with Crippen molar-refractivity contribution >= 4 is 40.7 Å². The minimum Gasteiger partial charge on any atom is -0.368 e. The molecule has 0 aliphatic heterocycles. The van der Waals surface area contributed by atoms with Gasteiger partial charge in [0.25, 0.3) is 0 Å². The van der Waals surface area contributed by atoms with Crippen molar-refractivity contribution in [2.75, 3.05) is 23.4 Å². The summed E-state index contributed by atoms with van der Waals surface area (Å²) in [7, 11) is 0. The van der Waals surface area contributed by atoms with Crippen LogP contribution in [0, 0.1) is 0 Å². The number of nitrogens with one attached hydrogen (secondary N) is 1. The molecule has 1 heterocycles. The highest BCUT2D eigenvalue weighted by Crippen LogP contribution is 2.31. The molecule has 0 saturated carbocycles. The quantitative estimate of drug-likeness (QED) is 0.527. The first-order valence-electron chi connectivity index (χ1n) is 5.85. The molecule has 8 heteroatoms. The average molecular weight is 306 g/mol.